The summed E-state index contributed by atoms with van der Waals surface area (Å²) in [6, 6.07) is 0.237. The lowest BCUT2D eigenvalue weighted by Crippen LogP contribution is -2.49. The highest BCUT2D eigenvalue weighted by atomic mass is 16.2. The summed E-state index contributed by atoms with van der Waals surface area (Å²) in [5.41, 5.74) is 0. The molecule has 2 atom stereocenters. The van der Waals surface area contributed by atoms with Crippen molar-refractivity contribution < 1.29 is 9.59 Å². The van der Waals surface area contributed by atoms with E-state index >= 15 is 0 Å². The molecule has 0 radical (unpaired) electrons. The van der Waals surface area contributed by atoms with Crippen molar-refractivity contribution in [1.29, 1.82) is 0 Å². The van der Waals surface area contributed by atoms with Crippen LogP contribution < -0.4 is 5.32 Å². The minimum atomic E-state index is -0.122. The van der Waals surface area contributed by atoms with Gasteiger partial charge in [-0.15, -0.1) is 0 Å². The van der Waals surface area contributed by atoms with Crippen LogP contribution in [0, 0.1) is 5.92 Å². The fraction of sp³-hybridized carbons (Fsp3) is 0.875. The second kappa shape index (κ2) is 7.25. The molecule has 0 aromatic heterocycles. The molecule has 120 valence electrons. The third-order valence-corrected chi connectivity index (χ3v) is 5.06. The van der Waals surface area contributed by atoms with Crippen LogP contribution in [0.3, 0.4) is 0 Å². The average molecular weight is 295 g/mol. The van der Waals surface area contributed by atoms with Crippen LogP contribution in [-0.4, -0.2) is 60.9 Å². The Kier molecular flexibility index (Phi) is 5.62. The van der Waals surface area contributed by atoms with Crippen LogP contribution >= 0.6 is 0 Å². The Morgan fingerprint density at radius 2 is 1.76 bits per heavy atom. The molecule has 1 heterocycles. The number of hydrogen-bond donors (Lipinski definition) is 1. The van der Waals surface area contributed by atoms with Gasteiger partial charge in [0.05, 0.1) is 12.6 Å². The Labute approximate surface area is 128 Å². The monoisotopic (exact) mass is 295 g/mol. The lowest BCUT2D eigenvalue weighted by Gasteiger charge is -2.33. The van der Waals surface area contributed by atoms with E-state index in [1.165, 1.54) is 19.3 Å². The fourth-order valence-corrected chi connectivity index (χ4v) is 3.47. The molecule has 2 unspecified atom stereocenters. The number of hydrogen-bond acceptors (Lipinski definition) is 3. The summed E-state index contributed by atoms with van der Waals surface area (Å²) in [5.74, 6) is 0.458. The summed E-state index contributed by atoms with van der Waals surface area (Å²) in [4.78, 5) is 28.2. The summed E-state index contributed by atoms with van der Waals surface area (Å²) < 4.78 is 0. The number of amides is 2. The lowest BCUT2D eigenvalue weighted by atomic mass is 9.94. The van der Waals surface area contributed by atoms with E-state index in [0.29, 0.717) is 12.0 Å². The molecule has 5 nitrogen and oxygen atoms in total. The summed E-state index contributed by atoms with van der Waals surface area (Å²) >= 11 is 0. The van der Waals surface area contributed by atoms with Crippen LogP contribution in [0.2, 0.25) is 0 Å². The van der Waals surface area contributed by atoms with Crippen LogP contribution in [0.5, 0.6) is 0 Å². The van der Waals surface area contributed by atoms with Gasteiger partial charge in [0.1, 0.15) is 0 Å². The van der Waals surface area contributed by atoms with Gasteiger partial charge in [0, 0.05) is 20.1 Å². The molecule has 1 aliphatic carbocycles. The zero-order chi connectivity index (χ0) is 15.4. The van der Waals surface area contributed by atoms with Gasteiger partial charge in [-0.1, -0.05) is 26.2 Å². The van der Waals surface area contributed by atoms with Crippen molar-refractivity contribution in [3.63, 3.8) is 0 Å². The molecule has 2 aliphatic rings. The van der Waals surface area contributed by atoms with Crippen molar-refractivity contribution >= 4 is 11.8 Å². The van der Waals surface area contributed by atoms with E-state index in [1.54, 1.807) is 11.9 Å². The molecule has 0 aromatic carbocycles. The smallest absolute Gasteiger partial charge is 0.242 e. The Balaban J connectivity index is 1.84. The van der Waals surface area contributed by atoms with Crippen LogP contribution in [0.15, 0.2) is 0 Å². The molecule has 5 heteroatoms. The van der Waals surface area contributed by atoms with Gasteiger partial charge in [0.25, 0.3) is 0 Å². The summed E-state index contributed by atoms with van der Waals surface area (Å²) in [7, 11) is 3.62. The van der Waals surface area contributed by atoms with Crippen molar-refractivity contribution in [2.75, 3.05) is 27.2 Å². The molecular weight excluding hydrogens is 266 g/mol. The van der Waals surface area contributed by atoms with Crippen LogP contribution in [0.4, 0.5) is 0 Å². The van der Waals surface area contributed by atoms with Crippen LogP contribution in [0.1, 0.15) is 45.4 Å². The highest BCUT2D eigenvalue weighted by molar-refractivity contribution is 5.87. The molecular formula is C16H29N3O2. The van der Waals surface area contributed by atoms with Gasteiger partial charge < -0.3 is 15.1 Å². The first-order chi connectivity index (χ1) is 10.0. The summed E-state index contributed by atoms with van der Waals surface area (Å²) in [6.45, 7) is 3.17. The highest BCUT2D eigenvalue weighted by Gasteiger charge is 2.32. The summed E-state index contributed by atoms with van der Waals surface area (Å²) in [5, 5.41) is 3.24. The SMILES string of the molecule is CC1CCNC1C(=O)N(C)CC(=O)N(C)C1CCCCC1. The Morgan fingerprint density at radius 3 is 2.33 bits per heavy atom. The van der Waals surface area contributed by atoms with Crippen LogP contribution in [-0.2, 0) is 9.59 Å². The van der Waals surface area contributed by atoms with Gasteiger partial charge in [-0.25, -0.2) is 0 Å². The van der Waals surface area contributed by atoms with Gasteiger partial charge >= 0.3 is 0 Å². The van der Waals surface area contributed by atoms with E-state index in [1.807, 2.05) is 11.9 Å². The van der Waals surface area contributed by atoms with E-state index < -0.39 is 0 Å². The average Bonchev–Trinajstić information content (AvgIpc) is 2.92. The Bertz CT molecular complexity index is 380. The fourth-order valence-electron chi connectivity index (χ4n) is 3.47. The first kappa shape index (κ1) is 16.3. The quantitative estimate of drug-likeness (QED) is 0.849. The number of carbonyl (C=O) groups excluding carboxylic acids is 2. The van der Waals surface area contributed by atoms with Gasteiger partial charge in [-0.05, 0) is 31.7 Å². The standard InChI is InChI=1S/C16H29N3O2/c1-12-9-10-17-15(12)16(21)18(2)11-14(20)19(3)13-7-5-4-6-8-13/h12-13,15,17H,4-11H2,1-3H3. The topological polar surface area (TPSA) is 52.7 Å². The molecule has 1 aliphatic heterocycles. The molecule has 2 amide bonds. The van der Waals surface area contributed by atoms with E-state index in [0.717, 1.165) is 25.8 Å². The van der Waals surface area contributed by atoms with Crippen molar-refractivity contribution in [2.24, 2.45) is 5.92 Å². The van der Waals surface area contributed by atoms with E-state index in [4.69, 9.17) is 0 Å². The molecule has 1 saturated heterocycles. The number of nitrogens with one attached hydrogen (secondary N) is 1. The minimum absolute atomic E-state index is 0.0467. The maximum atomic E-state index is 12.4. The molecule has 2 rings (SSSR count). The largest absolute Gasteiger partial charge is 0.341 e. The van der Waals surface area contributed by atoms with Gasteiger partial charge in [0.15, 0.2) is 0 Å². The van der Waals surface area contributed by atoms with Gasteiger partial charge in [-0.2, -0.15) is 0 Å². The molecule has 0 spiro atoms. The number of rotatable bonds is 4. The second-order valence-electron chi connectivity index (χ2n) is 6.69. The third kappa shape index (κ3) is 3.96. The van der Waals surface area contributed by atoms with Crippen molar-refractivity contribution in [1.82, 2.24) is 15.1 Å². The van der Waals surface area contributed by atoms with E-state index in [-0.39, 0.29) is 24.4 Å². The van der Waals surface area contributed by atoms with Crippen molar-refractivity contribution in [3.05, 3.63) is 0 Å². The Morgan fingerprint density at radius 1 is 1.10 bits per heavy atom. The minimum Gasteiger partial charge on any atom is -0.341 e. The third-order valence-electron chi connectivity index (χ3n) is 5.06. The van der Waals surface area contributed by atoms with E-state index in [2.05, 4.69) is 12.2 Å². The number of carbonyl (C=O) groups is 2. The first-order valence-electron chi connectivity index (χ1n) is 8.24. The zero-order valence-electron chi connectivity index (χ0n) is 13.6. The predicted molar refractivity (Wildman–Crippen MR) is 82.9 cm³/mol. The molecule has 1 saturated carbocycles. The maximum absolute atomic E-state index is 12.4. The maximum Gasteiger partial charge on any atom is 0.242 e. The van der Waals surface area contributed by atoms with E-state index in [9.17, 15) is 9.59 Å². The van der Waals surface area contributed by atoms with Gasteiger partial charge in [-0.3, -0.25) is 9.59 Å². The highest BCUT2D eigenvalue weighted by Crippen LogP contribution is 2.22. The number of nitrogens with zero attached hydrogens (tertiary/aromatic N) is 2. The van der Waals surface area contributed by atoms with Crippen molar-refractivity contribution in [3.8, 4) is 0 Å². The van der Waals surface area contributed by atoms with Crippen LogP contribution in [0.25, 0.3) is 0 Å². The van der Waals surface area contributed by atoms with Gasteiger partial charge in [0.2, 0.25) is 11.8 Å². The Hall–Kier alpha value is -1.10. The summed E-state index contributed by atoms with van der Waals surface area (Å²) in [6.07, 6.45) is 6.92. The predicted octanol–water partition coefficient (Wildman–Crippen LogP) is 1.23. The first-order valence-corrected chi connectivity index (χ1v) is 8.24. The molecule has 2 fully saturated rings. The molecule has 21 heavy (non-hydrogen) atoms. The molecule has 0 bridgehead atoms. The zero-order valence-corrected chi connectivity index (χ0v) is 13.6. The normalized spacial score (nSPS) is 26.6. The molecule has 1 N–H and O–H groups in total. The number of likely N-dealkylation sites (N-methyl/N-ethyl adjacent to an activating group) is 2. The van der Waals surface area contributed by atoms with Crippen molar-refractivity contribution in [2.45, 2.75) is 57.5 Å². The molecule has 0 aromatic rings. The second-order valence-corrected chi connectivity index (χ2v) is 6.69. The lowest BCUT2D eigenvalue weighted by molar-refractivity contribution is -0.141.